The van der Waals surface area contributed by atoms with Gasteiger partial charge in [0.25, 0.3) is 5.91 Å². The van der Waals surface area contributed by atoms with E-state index < -0.39 is 21.2 Å². The summed E-state index contributed by atoms with van der Waals surface area (Å²) in [5, 5.41) is 0.286. The van der Waals surface area contributed by atoms with Crippen molar-refractivity contribution in [1.29, 1.82) is 0 Å². The van der Waals surface area contributed by atoms with Crippen molar-refractivity contribution in [2.75, 3.05) is 40.5 Å². The minimum atomic E-state index is -3.82. The lowest BCUT2D eigenvalue weighted by Gasteiger charge is -2.50. The Labute approximate surface area is 282 Å². The van der Waals surface area contributed by atoms with E-state index in [1.807, 2.05) is 0 Å². The van der Waals surface area contributed by atoms with Gasteiger partial charge in [0, 0.05) is 36.6 Å². The number of amides is 2. The number of aromatic nitrogens is 1. The van der Waals surface area contributed by atoms with E-state index in [1.54, 1.807) is 21.0 Å². The number of ether oxygens (including phenoxy) is 2. The highest BCUT2D eigenvalue weighted by molar-refractivity contribution is 7.90. The molecule has 2 saturated heterocycles. The lowest BCUT2D eigenvalue weighted by Crippen LogP contribution is -2.66. The topological polar surface area (TPSA) is 110 Å². The normalized spacial score (nSPS) is 27.5. The molecule has 256 valence electrons. The van der Waals surface area contributed by atoms with Gasteiger partial charge in [-0.25, -0.2) is 13.1 Å². The van der Waals surface area contributed by atoms with Crippen molar-refractivity contribution in [3.63, 3.8) is 0 Å². The number of carbonyl (C=O) groups excluding carboxylic acids is 2. The van der Waals surface area contributed by atoms with Gasteiger partial charge in [-0.1, -0.05) is 37.5 Å². The summed E-state index contributed by atoms with van der Waals surface area (Å²) in [6.07, 6.45) is 10.6. The molecule has 48 heavy (non-hydrogen) atoms. The molecule has 1 aromatic heterocycles. The molecule has 2 aromatic rings. The quantitative estimate of drug-likeness (QED) is 0.485. The van der Waals surface area contributed by atoms with Crippen LogP contribution in [0.3, 0.4) is 0 Å². The second-order valence-corrected chi connectivity index (χ2v) is 17.1. The van der Waals surface area contributed by atoms with Crippen molar-refractivity contribution in [2.24, 2.45) is 5.92 Å². The predicted molar refractivity (Wildman–Crippen MR) is 183 cm³/mol. The molecule has 1 N–H and O–H groups in total. The number of fused-ring (bicyclic) bond motifs is 8. The summed E-state index contributed by atoms with van der Waals surface area (Å²) in [6, 6.07) is 6.50. The smallest absolute Gasteiger partial charge is 0.265 e. The monoisotopic (exact) mass is 674 g/mol. The lowest BCUT2D eigenvalue weighted by molar-refractivity contribution is -0.159. The molecule has 0 spiro atoms. The van der Waals surface area contributed by atoms with Crippen LogP contribution in [0.4, 0.5) is 0 Å². The van der Waals surface area contributed by atoms with Gasteiger partial charge in [0.2, 0.25) is 15.9 Å². The van der Waals surface area contributed by atoms with Gasteiger partial charge < -0.3 is 23.8 Å². The maximum absolute atomic E-state index is 14.9. The van der Waals surface area contributed by atoms with Crippen LogP contribution in [0, 0.1) is 5.92 Å². The number of rotatable bonds is 6. The fraction of sp³-hybridized carbons (Fsp3) is 0.568. The third-order valence-electron chi connectivity index (χ3n) is 11.6. The molecule has 6 aliphatic rings. The van der Waals surface area contributed by atoms with Crippen molar-refractivity contribution in [2.45, 2.75) is 88.1 Å². The number of benzene rings is 1. The van der Waals surface area contributed by atoms with Crippen molar-refractivity contribution >= 4 is 32.7 Å². The molecule has 0 radical (unpaired) electrons. The second-order valence-electron chi connectivity index (χ2n) is 14.9. The molecule has 11 heteroatoms. The van der Waals surface area contributed by atoms with Gasteiger partial charge in [-0.15, -0.1) is 0 Å². The molecule has 8 rings (SSSR count). The molecule has 3 aliphatic carbocycles. The molecular weight excluding hydrogens is 628 g/mol. The minimum absolute atomic E-state index is 0.0103. The highest BCUT2D eigenvalue weighted by atomic mass is 32.2. The maximum Gasteiger partial charge on any atom is 0.265 e. The summed E-state index contributed by atoms with van der Waals surface area (Å²) < 4.78 is 42.2. The summed E-state index contributed by atoms with van der Waals surface area (Å²) in [7, 11) is -0.0204. The Hall–Kier alpha value is -3.41. The van der Waals surface area contributed by atoms with Crippen molar-refractivity contribution in [1.82, 2.24) is 19.1 Å². The molecule has 4 heterocycles. The van der Waals surface area contributed by atoms with E-state index in [-0.39, 0.29) is 29.8 Å². The fourth-order valence-electron chi connectivity index (χ4n) is 9.23. The van der Waals surface area contributed by atoms with Gasteiger partial charge in [0.1, 0.15) is 5.75 Å². The van der Waals surface area contributed by atoms with Crippen LogP contribution in [0.25, 0.3) is 10.9 Å². The third-order valence-corrected chi connectivity index (χ3v) is 13.3. The average Bonchev–Trinajstić information content (AvgIpc) is 3.69. The van der Waals surface area contributed by atoms with Gasteiger partial charge in [-0.2, -0.15) is 0 Å². The molecule has 10 nitrogen and oxygen atoms in total. The van der Waals surface area contributed by atoms with Crippen LogP contribution < -0.4 is 9.46 Å². The number of carbonyl (C=O) groups is 2. The largest absolute Gasteiger partial charge is 0.496 e. The number of morpholine rings is 1. The first-order valence-electron chi connectivity index (χ1n) is 17.6. The Bertz CT molecular complexity index is 1880. The summed E-state index contributed by atoms with van der Waals surface area (Å²) in [5.41, 5.74) is 6.48. The molecule has 2 amide bonds. The first kappa shape index (κ1) is 31.8. The Morgan fingerprint density at radius 2 is 1.79 bits per heavy atom. The van der Waals surface area contributed by atoms with Crippen LogP contribution >= 0.6 is 0 Å². The zero-order valence-electron chi connectivity index (χ0n) is 28.3. The van der Waals surface area contributed by atoms with Crippen LogP contribution in [0.2, 0.25) is 0 Å². The molecule has 1 unspecified atom stereocenters. The highest BCUT2D eigenvalue weighted by Crippen LogP contribution is 2.55. The average molecular weight is 675 g/mol. The molecule has 3 aliphatic heterocycles. The van der Waals surface area contributed by atoms with Gasteiger partial charge in [-0.3, -0.25) is 9.59 Å². The van der Waals surface area contributed by atoms with Gasteiger partial charge in [0.05, 0.1) is 54.7 Å². The van der Waals surface area contributed by atoms with E-state index in [9.17, 15) is 18.0 Å². The highest BCUT2D eigenvalue weighted by Gasteiger charge is 2.50. The van der Waals surface area contributed by atoms with E-state index in [0.29, 0.717) is 37.7 Å². The zero-order chi connectivity index (χ0) is 33.5. The standard InChI is InChI=1S/C37H46N4O6S/c1-21(2)48(44,45)38-36(42)34-29-18-40-30(15-28-31(46-4)14-13-25(35(28)40)22-9-6-5-7-10-22)32-26(33(29)34)11-8-12-27(32)37(43)41-23-16-39(3)17-24(41)20-47-19-23/h8,11,13-15,21-24,27,32H,5-7,9-10,12,16-20H2,1-4H3,(H,38,42)/t23-,24+,27-,32?/m1/s1. The van der Waals surface area contributed by atoms with E-state index in [4.69, 9.17) is 9.47 Å². The zero-order valence-corrected chi connectivity index (χ0v) is 29.1. The Morgan fingerprint density at radius 3 is 2.48 bits per heavy atom. The van der Waals surface area contributed by atoms with E-state index >= 15 is 0 Å². The number of hydrogen-bond acceptors (Lipinski definition) is 7. The van der Waals surface area contributed by atoms with Crippen LogP contribution in [0.5, 0.6) is 5.75 Å². The van der Waals surface area contributed by atoms with E-state index in [0.717, 1.165) is 65.0 Å². The summed E-state index contributed by atoms with van der Waals surface area (Å²) in [6.45, 7) is 6.15. The van der Waals surface area contributed by atoms with Gasteiger partial charge in [-0.05, 0) is 80.5 Å². The lowest BCUT2D eigenvalue weighted by atomic mass is 9.75. The number of nitrogens with zero attached hydrogens (tertiary/aromatic N) is 3. The molecule has 1 saturated carbocycles. The Balaban J connectivity index is 1.30. The Kier molecular flexibility index (Phi) is 7.88. The van der Waals surface area contributed by atoms with Crippen molar-refractivity contribution in [3.8, 4) is 5.75 Å². The second kappa shape index (κ2) is 11.9. The summed E-state index contributed by atoms with van der Waals surface area (Å²) >= 11 is 0. The molecule has 2 bridgehead atoms. The van der Waals surface area contributed by atoms with Crippen LogP contribution in [-0.4, -0.2) is 92.4 Å². The van der Waals surface area contributed by atoms with Gasteiger partial charge >= 0.3 is 0 Å². The number of hydrogen-bond donors (Lipinski definition) is 1. The third kappa shape index (κ3) is 5.07. The summed E-state index contributed by atoms with van der Waals surface area (Å²) in [5.74, 6) is 0.0723. The molecule has 4 atom stereocenters. The van der Waals surface area contributed by atoms with Crippen molar-refractivity contribution < 1.29 is 27.5 Å². The SMILES string of the molecule is COc1ccc(C2CCCCC2)c2c1cc1n2CC2=C(C(=O)NS(=O)(=O)C(C)C)C2=C2C=CC[C@@H](C(=O)N3[C@@H]4COC[C@H]3CN(C)C4)C21. The molecule has 3 fully saturated rings. The van der Waals surface area contributed by atoms with Crippen molar-refractivity contribution in [3.05, 3.63) is 63.9 Å². The Morgan fingerprint density at radius 1 is 1.06 bits per heavy atom. The maximum atomic E-state index is 14.9. The van der Waals surface area contributed by atoms with Crippen LogP contribution in [0.15, 0.2) is 52.6 Å². The minimum Gasteiger partial charge on any atom is -0.496 e. The van der Waals surface area contributed by atoms with E-state index in [1.165, 1.54) is 24.8 Å². The summed E-state index contributed by atoms with van der Waals surface area (Å²) in [4.78, 5) is 33.0. The van der Waals surface area contributed by atoms with E-state index in [2.05, 4.69) is 56.5 Å². The predicted octanol–water partition coefficient (Wildman–Crippen LogP) is 4.37. The number of allylic oxidation sites excluding steroid dienone is 4. The molecular formula is C37H46N4O6S. The van der Waals surface area contributed by atoms with Crippen LogP contribution in [0.1, 0.15) is 75.5 Å². The van der Waals surface area contributed by atoms with Crippen LogP contribution in [-0.2, 0) is 30.9 Å². The molecule has 1 aromatic carbocycles. The van der Waals surface area contributed by atoms with Gasteiger partial charge in [0.15, 0.2) is 0 Å². The number of sulfonamides is 1. The fourth-order valence-corrected chi connectivity index (χ4v) is 9.83. The number of methoxy groups -OCH3 is 1. The number of piperazine rings is 1. The number of likely N-dealkylation sites (N-methyl/N-ethyl adjacent to an activating group) is 1. The first-order valence-corrected chi connectivity index (χ1v) is 19.1. The number of nitrogens with one attached hydrogen (secondary N) is 1. The first-order chi connectivity index (χ1) is 23.1.